The van der Waals surface area contributed by atoms with E-state index in [2.05, 4.69) is 50.6 Å². The fourth-order valence-corrected chi connectivity index (χ4v) is 4.08. The third kappa shape index (κ3) is 3.61. The maximum Gasteiger partial charge on any atom is 0.122 e. The van der Waals surface area contributed by atoms with Crippen molar-refractivity contribution in [3.63, 3.8) is 0 Å². The van der Waals surface area contributed by atoms with E-state index in [1.165, 1.54) is 0 Å². The van der Waals surface area contributed by atoms with Crippen molar-refractivity contribution in [1.82, 2.24) is 24.3 Å². The van der Waals surface area contributed by atoms with E-state index in [1.807, 2.05) is 24.7 Å². The lowest BCUT2D eigenvalue weighted by Gasteiger charge is -2.26. The highest BCUT2D eigenvalue weighted by Crippen LogP contribution is 2.37. The van der Waals surface area contributed by atoms with Gasteiger partial charge < -0.3 is 9.30 Å². The maximum absolute atomic E-state index is 6.32. The van der Waals surface area contributed by atoms with Gasteiger partial charge in [0.05, 0.1) is 24.4 Å². The first-order valence-electron chi connectivity index (χ1n) is 9.06. The zero-order chi connectivity index (χ0) is 17.3. The number of nitrogens with zero attached hydrogens (tertiary/aromatic N) is 5. The van der Waals surface area contributed by atoms with Crippen LogP contribution < -0.4 is 0 Å². The van der Waals surface area contributed by atoms with Crippen LogP contribution in [0.15, 0.2) is 36.8 Å². The second-order valence-electron chi connectivity index (χ2n) is 7.50. The molecule has 0 bridgehead atoms. The first-order chi connectivity index (χ1) is 12.1. The molecule has 134 valence electrons. The SMILES string of the molecule is CN(Cc1ccccn1)C1COC2(CCN(Cc3nccn3C)C2)C1. The molecule has 2 atom stereocenters. The van der Waals surface area contributed by atoms with Crippen LogP contribution in [-0.4, -0.2) is 62.7 Å². The number of aromatic nitrogens is 3. The first-order valence-corrected chi connectivity index (χ1v) is 9.06. The Balaban J connectivity index is 1.33. The van der Waals surface area contributed by atoms with Gasteiger partial charge in [0, 0.05) is 51.3 Å². The molecule has 0 aliphatic carbocycles. The third-order valence-corrected chi connectivity index (χ3v) is 5.63. The van der Waals surface area contributed by atoms with Crippen LogP contribution in [-0.2, 0) is 24.9 Å². The first kappa shape index (κ1) is 16.7. The Morgan fingerprint density at radius 2 is 2.24 bits per heavy atom. The van der Waals surface area contributed by atoms with Crippen LogP contribution in [0.3, 0.4) is 0 Å². The largest absolute Gasteiger partial charge is 0.372 e. The smallest absolute Gasteiger partial charge is 0.122 e. The quantitative estimate of drug-likeness (QED) is 0.828. The number of ether oxygens (including phenoxy) is 1. The van der Waals surface area contributed by atoms with Crippen LogP contribution >= 0.6 is 0 Å². The molecule has 2 unspecified atom stereocenters. The molecule has 0 radical (unpaired) electrons. The number of pyridine rings is 1. The van der Waals surface area contributed by atoms with Crippen LogP contribution in [0.4, 0.5) is 0 Å². The molecule has 25 heavy (non-hydrogen) atoms. The molecule has 4 heterocycles. The molecule has 6 nitrogen and oxygen atoms in total. The lowest BCUT2D eigenvalue weighted by molar-refractivity contribution is 0.00998. The summed E-state index contributed by atoms with van der Waals surface area (Å²) in [5.74, 6) is 1.12. The summed E-state index contributed by atoms with van der Waals surface area (Å²) in [6.07, 6.45) is 7.97. The Hall–Kier alpha value is -1.76. The molecular formula is C19H27N5O. The molecule has 2 aliphatic heterocycles. The van der Waals surface area contributed by atoms with Crippen molar-refractivity contribution in [1.29, 1.82) is 0 Å². The Labute approximate surface area is 149 Å². The number of likely N-dealkylation sites (N-methyl/N-ethyl adjacent to an activating group) is 1. The third-order valence-electron chi connectivity index (χ3n) is 5.63. The van der Waals surface area contributed by atoms with Gasteiger partial charge >= 0.3 is 0 Å². The van der Waals surface area contributed by atoms with Crippen molar-refractivity contribution in [2.24, 2.45) is 7.05 Å². The van der Waals surface area contributed by atoms with Gasteiger partial charge in [0.1, 0.15) is 5.82 Å². The minimum atomic E-state index is 0.0220. The summed E-state index contributed by atoms with van der Waals surface area (Å²) in [4.78, 5) is 13.8. The predicted octanol–water partition coefficient (Wildman–Crippen LogP) is 1.68. The summed E-state index contributed by atoms with van der Waals surface area (Å²) in [5.41, 5.74) is 1.14. The molecule has 2 saturated heterocycles. The maximum atomic E-state index is 6.32. The lowest BCUT2D eigenvalue weighted by atomic mass is 9.96. The highest BCUT2D eigenvalue weighted by molar-refractivity contribution is 5.05. The lowest BCUT2D eigenvalue weighted by Crippen LogP contribution is -2.36. The van der Waals surface area contributed by atoms with E-state index in [0.717, 1.165) is 57.1 Å². The molecule has 2 aromatic rings. The van der Waals surface area contributed by atoms with Gasteiger partial charge in [-0.15, -0.1) is 0 Å². The van der Waals surface area contributed by atoms with Crippen molar-refractivity contribution in [3.8, 4) is 0 Å². The Morgan fingerprint density at radius 3 is 3.00 bits per heavy atom. The standard InChI is InChI=1S/C19H27N5O/c1-22-10-8-21-18(22)13-24-9-6-19(15-24)11-17(14-25-19)23(2)12-16-5-3-4-7-20-16/h3-5,7-8,10,17H,6,9,11-15H2,1-2H3. The van der Waals surface area contributed by atoms with Crippen LogP contribution in [0, 0.1) is 0 Å². The second kappa shape index (κ2) is 6.86. The van der Waals surface area contributed by atoms with Gasteiger partial charge in [0.15, 0.2) is 0 Å². The number of imidazole rings is 1. The van der Waals surface area contributed by atoms with Gasteiger partial charge in [-0.3, -0.25) is 14.8 Å². The second-order valence-corrected chi connectivity index (χ2v) is 7.50. The Kier molecular flexibility index (Phi) is 4.58. The molecule has 2 fully saturated rings. The van der Waals surface area contributed by atoms with E-state index in [0.29, 0.717) is 6.04 Å². The van der Waals surface area contributed by atoms with E-state index in [1.54, 1.807) is 0 Å². The highest BCUT2D eigenvalue weighted by atomic mass is 16.5. The summed E-state index contributed by atoms with van der Waals surface area (Å²) >= 11 is 0. The Bertz CT molecular complexity index is 703. The van der Waals surface area contributed by atoms with E-state index in [9.17, 15) is 0 Å². The van der Waals surface area contributed by atoms with Crippen LogP contribution in [0.1, 0.15) is 24.4 Å². The zero-order valence-electron chi connectivity index (χ0n) is 15.1. The van der Waals surface area contributed by atoms with Crippen LogP contribution in [0.2, 0.25) is 0 Å². The van der Waals surface area contributed by atoms with Gasteiger partial charge in [0.2, 0.25) is 0 Å². The molecule has 2 aromatic heterocycles. The minimum Gasteiger partial charge on any atom is -0.372 e. The fraction of sp³-hybridized carbons (Fsp3) is 0.579. The van der Waals surface area contributed by atoms with Gasteiger partial charge in [0.25, 0.3) is 0 Å². The van der Waals surface area contributed by atoms with Crippen molar-refractivity contribution >= 4 is 0 Å². The van der Waals surface area contributed by atoms with Crippen molar-refractivity contribution in [2.75, 3.05) is 26.7 Å². The number of hydrogen-bond acceptors (Lipinski definition) is 5. The molecule has 1 spiro atoms. The topological polar surface area (TPSA) is 46.4 Å². The number of hydrogen-bond donors (Lipinski definition) is 0. The summed E-state index contributed by atoms with van der Waals surface area (Å²) in [7, 11) is 4.24. The molecular weight excluding hydrogens is 314 g/mol. The Morgan fingerprint density at radius 1 is 1.32 bits per heavy atom. The summed E-state index contributed by atoms with van der Waals surface area (Å²) < 4.78 is 8.42. The van der Waals surface area contributed by atoms with Gasteiger partial charge in [-0.2, -0.15) is 0 Å². The van der Waals surface area contributed by atoms with E-state index in [-0.39, 0.29) is 5.60 Å². The van der Waals surface area contributed by atoms with Crippen molar-refractivity contribution in [3.05, 3.63) is 48.3 Å². The van der Waals surface area contributed by atoms with Crippen molar-refractivity contribution in [2.45, 2.75) is 37.6 Å². The summed E-state index contributed by atoms with van der Waals surface area (Å²) in [6.45, 7) is 4.70. The number of aryl methyl sites for hydroxylation is 1. The molecule has 0 N–H and O–H groups in total. The summed E-state index contributed by atoms with van der Waals surface area (Å²) in [5, 5.41) is 0. The number of rotatable bonds is 5. The molecule has 4 rings (SSSR count). The van der Waals surface area contributed by atoms with Gasteiger partial charge in [-0.1, -0.05) is 6.07 Å². The van der Waals surface area contributed by atoms with E-state index in [4.69, 9.17) is 4.74 Å². The normalized spacial score (nSPS) is 26.9. The minimum absolute atomic E-state index is 0.0220. The highest BCUT2D eigenvalue weighted by Gasteiger charge is 2.46. The van der Waals surface area contributed by atoms with Gasteiger partial charge in [-0.05, 0) is 32.0 Å². The zero-order valence-corrected chi connectivity index (χ0v) is 15.1. The average Bonchev–Trinajstić information content (AvgIpc) is 3.32. The molecule has 6 heteroatoms. The monoisotopic (exact) mass is 341 g/mol. The van der Waals surface area contributed by atoms with Crippen molar-refractivity contribution < 1.29 is 4.74 Å². The number of likely N-dealkylation sites (tertiary alicyclic amines) is 1. The molecule has 0 aromatic carbocycles. The summed E-state index contributed by atoms with van der Waals surface area (Å²) in [6, 6.07) is 6.57. The molecule has 2 aliphatic rings. The van der Waals surface area contributed by atoms with E-state index < -0.39 is 0 Å². The van der Waals surface area contributed by atoms with Crippen LogP contribution in [0.5, 0.6) is 0 Å². The predicted molar refractivity (Wildman–Crippen MR) is 95.9 cm³/mol. The van der Waals surface area contributed by atoms with Crippen LogP contribution in [0.25, 0.3) is 0 Å². The molecule has 0 saturated carbocycles. The molecule has 0 amide bonds. The average molecular weight is 341 g/mol. The fourth-order valence-electron chi connectivity index (χ4n) is 4.08. The van der Waals surface area contributed by atoms with Gasteiger partial charge in [-0.25, -0.2) is 4.98 Å². The van der Waals surface area contributed by atoms with E-state index >= 15 is 0 Å².